The Hall–Kier alpha value is -1.24. The first kappa shape index (κ1) is 13.8. The molecule has 1 aromatic rings. The molecule has 0 spiro atoms. The minimum atomic E-state index is 0.0369. The maximum Gasteiger partial charge on any atom is 0.233 e. The van der Waals surface area contributed by atoms with Gasteiger partial charge in [0, 0.05) is 6.07 Å². The van der Waals surface area contributed by atoms with Crippen LogP contribution in [0.5, 0.6) is 5.88 Å². The van der Waals surface area contributed by atoms with E-state index in [2.05, 4.69) is 10.2 Å². The van der Waals surface area contributed by atoms with Crippen LogP contribution in [-0.4, -0.2) is 54.9 Å². The molecule has 0 amide bonds. The van der Waals surface area contributed by atoms with E-state index in [9.17, 15) is 0 Å². The lowest BCUT2D eigenvalue weighted by Crippen LogP contribution is -2.12. The Morgan fingerprint density at radius 1 is 1.00 bits per heavy atom. The number of rotatable bonds is 9. The summed E-state index contributed by atoms with van der Waals surface area (Å²) < 4.78 is 15.6. The lowest BCUT2D eigenvalue weighted by molar-refractivity contribution is 0.0242. The molecule has 1 heterocycles. The van der Waals surface area contributed by atoms with Gasteiger partial charge in [-0.3, -0.25) is 0 Å². The summed E-state index contributed by atoms with van der Waals surface area (Å²) in [4.78, 5) is 0. The van der Waals surface area contributed by atoms with E-state index < -0.39 is 0 Å². The standard InChI is InChI=1S/C11H18N2O4/c1-10-2-3-11(13-12-10)17-9-8-16-7-6-15-5-4-14/h2-3,14H,4-9H2,1H3. The second-order valence-corrected chi connectivity index (χ2v) is 3.31. The normalized spacial score (nSPS) is 10.5. The van der Waals surface area contributed by atoms with Crippen LogP contribution in [0.25, 0.3) is 0 Å². The predicted molar refractivity (Wildman–Crippen MR) is 61.0 cm³/mol. The third-order valence-electron chi connectivity index (χ3n) is 1.86. The van der Waals surface area contributed by atoms with Crippen LogP contribution in [0.2, 0.25) is 0 Å². The fourth-order valence-electron chi connectivity index (χ4n) is 1.06. The molecule has 96 valence electrons. The highest BCUT2D eigenvalue weighted by Gasteiger charge is 1.95. The molecule has 0 aliphatic carbocycles. The molecule has 0 saturated carbocycles. The summed E-state index contributed by atoms with van der Waals surface area (Å²) in [6.45, 7) is 4.11. The zero-order chi connectivity index (χ0) is 12.3. The molecule has 1 N–H and O–H groups in total. The second kappa shape index (κ2) is 8.86. The maximum absolute atomic E-state index is 8.45. The van der Waals surface area contributed by atoms with Crippen molar-refractivity contribution < 1.29 is 19.3 Å². The monoisotopic (exact) mass is 242 g/mol. The molecule has 0 radical (unpaired) electrons. The minimum Gasteiger partial charge on any atom is -0.474 e. The van der Waals surface area contributed by atoms with Gasteiger partial charge in [0.2, 0.25) is 5.88 Å². The smallest absolute Gasteiger partial charge is 0.233 e. The van der Waals surface area contributed by atoms with E-state index >= 15 is 0 Å². The average Bonchev–Trinajstić information content (AvgIpc) is 2.35. The highest BCUT2D eigenvalue weighted by atomic mass is 16.5. The van der Waals surface area contributed by atoms with Gasteiger partial charge in [0.15, 0.2) is 0 Å². The van der Waals surface area contributed by atoms with E-state index in [0.717, 1.165) is 5.69 Å². The summed E-state index contributed by atoms with van der Waals surface area (Å²) >= 11 is 0. The van der Waals surface area contributed by atoms with Gasteiger partial charge in [-0.1, -0.05) is 0 Å². The number of aryl methyl sites for hydroxylation is 1. The predicted octanol–water partition coefficient (Wildman–Crippen LogP) is 0.189. The van der Waals surface area contributed by atoms with Gasteiger partial charge in [-0.25, -0.2) is 0 Å². The van der Waals surface area contributed by atoms with Gasteiger partial charge in [-0.2, -0.15) is 5.10 Å². The Kier molecular flexibility index (Phi) is 7.20. The number of ether oxygens (including phenoxy) is 3. The molecule has 6 nitrogen and oxygen atoms in total. The summed E-state index contributed by atoms with van der Waals surface area (Å²) in [5, 5.41) is 16.2. The molecule has 0 aromatic carbocycles. The molecular weight excluding hydrogens is 224 g/mol. The lowest BCUT2D eigenvalue weighted by atomic mass is 10.4. The molecule has 1 rings (SSSR count). The quantitative estimate of drug-likeness (QED) is 0.623. The van der Waals surface area contributed by atoms with Crippen LogP contribution in [0.15, 0.2) is 12.1 Å². The zero-order valence-corrected chi connectivity index (χ0v) is 9.96. The van der Waals surface area contributed by atoms with E-state index in [1.54, 1.807) is 6.07 Å². The second-order valence-electron chi connectivity index (χ2n) is 3.31. The molecule has 0 aliphatic rings. The Balaban J connectivity index is 1.95. The van der Waals surface area contributed by atoms with Crippen LogP contribution in [0.1, 0.15) is 5.69 Å². The number of hydrogen-bond acceptors (Lipinski definition) is 6. The Morgan fingerprint density at radius 2 is 1.71 bits per heavy atom. The first-order valence-electron chi connectivity index (χ1n) is 5.52. The van der Waals surface area contributed by atoms with Gasteiger partial charge in [-0.05, 0) is 13.0 Å². The SMILES string of the molecule is Cc1ccc(OCCOCCOCCO)nn1. The van der Waals surface area contributed by atoms with Crippen molar-refractivity contribution in [2.45, 2.75) is 6.92 Å². The summed E-state index contributed by atoms with van der Waals surface area (Å²) in [5.41, 5.74) is 0.856. The van der Waals surface area contributed by atoms with Crippen LogP contribution in [0.4, 0.5) is 0 Å². The largest absolute Gasteiger partial charge is 0.474 e. The van der Waals surface area contributed by atoms with Crippen molar-refractivity contribution in [3.05, 3.63) is 17.8 Å². The van der Waals surface area contributed by atoms with Gasteiger partial charge in [0.1, 0.15) is 6.61 Å². The Bertz CT molecular complexity index is 292. The molecule has 0 saturated heterocycles. The van der Waals surface area contributed by atoms with Crippen molar-refractivity contribution in [3.63, 3.8) is 0 Å². The molecule has 0 aliphatic heterocycles. The topological polar surface area (TPSA) is 73.7 Å². The Labute approximate surface area is 101 Å². The summed E-state index contributed by atoms with van der Waals surface area (Å²) in [6, 6.07) is 3.61. The van der Waals surface area contributed by atoms with Gasteiger partial charge in [-0.15, -0.1) is 5.10 Å². The third-order valence-corrected chi connectivity index (χ3v) is 1.86. The fourth-order valence-corrected chi connectivity index (χ4v) is 1.06. The van der Waals surface area contributed by atoms with Crippen LogP contribution in [0, 0.1) is 6.92 Å². The van der Waals surface area contributed by atoms with Crippen molar-refractivity contribution >= 4 is 0 Å². The van der Waals surface area contributed by atoms with Crippen molar-refractivity contribution in [1.82, 2.24) is 10.2 Å². The number of aliphatic hydroxyl groups is 1. The molecule has 0 unspecified atom stereocenters. The van der Waals surface area contributed by atoms with E-state index in [4.69, 9.17) is 19.3 Å². The lowest BCUT2D eigenvalue weighted by Gasteiger charge is -2.06. The highest BCUT2D eigenvalue weighted by Crippen LogP contribution is 2.03. The fraction of sp³-hybridized carbons (Fsp3) is 0.636. The summed E-state index contributed by atoms with van der Waals surface area (Å²) in [6.07, 6.45) is 0. The van der Waals surface area contributed by atoms with Crippen molar-refractivity contribution in [3.8, 4) is 5.88 Å². The zero-order valence-electron chi connectivity index (χ0n) is 9.96. The van der Waals surface area contributed by atoms with Crippen LogP contribution < -0.4 is 4.74 Å². The molecule has 0 fully saturated rings. The number of aromatic nitrogens is 2. The van der Waals surface area contributed by atoms with E-state index in [1.807, 2.05) is 13.0 Å². The molecule has 0 bridgehead atoms. The van der Waals surface area contributed by atoms with Crippen LogP contribution >= 0.6 is 0 Å². The van der Waals surface area contributed by atoms with Crippen molar-refractivity contribution in [2.24, 2.45) is 0 Å². The molecule has 0 atom stereocenters. The number of aliphatic hydroxyl groups excluding tert-OH is 1. The van der Waals surface area contributed by atoms with Crippen LogP contribution in [-0.2, 0) is 9.47 Å². The van der Waals surface area contributed by atoms with Gasteiger partial charge in [0.25, 0.3) is 0 Å². The maximum atomic E-state index is 8.45. The summed E-state index contributed by atoms with van der Waals surface area (Å²) in [5.74, 6) is 0.496. The van der Waals surface area contributed by atoms with Crippen molar-refractivity contribution in [2.75, 3.05) is 39.6 Å². The van der Waals surface area contributed by atoms with E-state index in [1.165, 1.54) is 0 Å². The van der Waals surface area contributed by atoms with Gasteiger partial charge >= 0.3 is 0 Å². The molecule has 6 heteroatoms. The third kappa shape index (κ3) is 6.83. The number of hydrogen-bond donors (Lipinski definition) is 1. The first-order valence-corrected chi connectivity index (χ1v) is 5.52. The minimum absolute atomic E-state index is 0.0369. The van der Waals surface area contributed by atoms with E-state index in [-0.39, 0.29) is 6.61 Å². The van der Waals surface area contributed by atoms with Gasteiger partial charge in [0.05, 0.1) is 38.7 Å². The van der Waals surface area contributed by atoms with Crippen LogP contribution in [0.3, 0.4) is 0 Å². The highest BCUT2D eigenvalue weighted by molar-refractivity contribution is 5.09. The first-order chi connectivity index (χ1) is 8.33. The number of nitrogens with zero attached hydrogens (tertiary/aromatic N) is 2. The molecule has 17 heavy (non-hydrogen) atoms. The average molecular weight is 242 g/mol. The molecular formula is C11H18N2O4. The van der Waals surface area contributed by atoms with Gasteiger partial charge < -0.3 is 19.3 Å². The summed E-state index contributed by atoms with van der Waals surface area (Å²) in [7, 11) is 0. The Morgan fingerprint density at radius 3 is 2.35 bits per heavy atom. The van der Waals surface area contributed by atoms with E-state index in [0.29, 0.717) is 38.9 Å². The van der Waals surface area contributed by atoms with Crippen molar-refractivity contribution in [1.29, 1.82) is 0 Å². The molecule has 1 aromatic heterocycles.